The Morgan fingerprint density at radius 2 is 1.67 bits per heavy atom. The molecular weight excluding hydrogens is 276 g/mol. The lowest BCUT2D eigenvalue weighted by Gasteiger charge is -2.25. The molecule has 0 saturated carbocycles. The predicted octanol–water partition coefficient (Wildman–Crippen LogP) is 3.66. The van der Waals surface area contributed by atoms with E-state index >= 15 is 0 Å². The van der Waals surface area contributed by atoms with Crippen LogP contribution in [0, 0.1) is 5.41 Å². The third-order valence-corrected chi connectivity index (χ3v) is 5.21. The first-order chi connectivity index (χ1) is 6.55. The summed E-state index contributed by atoms with van der Waals surface area (Å²) in [5.74, 6) is 0. The maximum absolute atomic E-state index is 11.6. The SMILES string of the molecule is CC(C)(C)C(Br)CCOS(=O)C(C)(C)C. The van der Waals surface area contributed by atoms with Crippen LogP contribution in [-0.2, 0) is 15.3 Å². The molecule has 15 heavy (non-hydrogen) atoms. The Morgan fingerprint density at radius 1 is 1.20 bits per heavy atom. The van der Waals surface area contributed by atoms with Crippen LogP contribution < -0.4 is 0 Å². The third-order valence-electron chi connectivity index (χ3n) is 2.00. The van der Waals surface area contributed by atoms with Gasteiger partial charge in [0, 0.05) is 4.83 Å². The van der Waals surface area contributed by atoms with Gasteiger partial charge in [-0.2, -0.15) is 0 Å². The zero-order valence-electron chi connectivity index (χ0n) is 10.6. The van der Waals surface area contributed by atoms with Gasteiger partial charge < -0.3 is 0 Å². The van der Waals surface area contributed by atoms with Crippen LogP contribution in [0.1, 0.15) is 48.0 Å². The van der Waals surface area contributed by atoms with Crippen LogP contribution in [0.3, 0.4) is 0 Å². The van der Waals surface area contributed by atoms with Gasteiger partial charge in [-0.15, -0.1) is 0 Å². The lowest BCUT2D eigenvalue weighted by atomic mass is 9.91. The number of hydrogen-bond donors (Lipinski definition) is 0. The highest BCUT2D eigenvalue weighted by Crippen LogP contribution is 2.28. The summed E-state index contributed by atoms with van der Waals surface area (Å²) in [5, 5.41) is 0. The second-order valence-electron chi connectivity index (χ2n) is 5.79. The van der Waals surface area contributed by atoms with Crippen LogP contribution >= 0.6 is 15.9 Å². The van der Waals surface area contributed by atoms with Crippen LogP contribution in [0.15, 0.2) is 0 Å². The monoisotopic (exact) mass is 298 g/mol. The summed E-state index contributed by atoms with van der Waals surface area (Å²) < 4.78 is 16.6. The molecule has 2 unspecified atom stereocenters. The Labute approximate surface area is 105 Å². The maximum atomic E-state index is 11.6. The molecule has 4 heteroatoms. The molecule has 0 aliphatic carbocycles. The Balaban J connectivity index is 3.87. The van der Waals surface area contributed by atoms with E-state index in [1.165, 1.54) is 0 Å². The largest absolute Gasteiger partial charge is 0.290 e. The smallest absolute Gasteiger partial charge is 0.160 e. The van der Waals surface area contributed by atoms with Gasteiger partial charge in [0.2, 0.25) is 0 Å². The Bertz CT molecular complexity index is 216. The van der Waals surface area contributed by atoms with Gasteiger partial charge in [0.05, 0.1) is 11.4 Å². The summed E-state index contributed by atoms with van der Waals surface area (Å²) in [4.78, 5) is 0.391. The summed E-state index contributed by atoms with van der Waals surface area (Å²) in [6.45, 7) is 12.8. The minimum absolute atomic E-state index is 0.215. The van der Waals surface area contributed by atoms with Crippen molar-refractivity contribution < 1.29 is 8.39 Å². The van der Waals surface area contributed by atoms with Crippen molar-refractivity contribution >= 4 is 27.0 Å². The maximum Gasteiger partial charge on any atom is 0.160 e. The zero-order chi connectivity index (χ0) is 12.3. The van der Waals surface area contributed by atoms with Crippen LogP contribution in [0.5, 0.6) is 0 Å². The average Bonchev–Trinajstić information content (AvgIpc) is 2.00. The van der Waals surface area contributed by atoms with Gasteiger partial charge in [-0.3, -0.25) is 4.18 Å². The van der Waals surface area contributed by atoms with E-state index in [1.54, 1.807) is 0 Å². The van der Waals surface area contributed by atoms with Crippen molar-refractivity contribution in [3.8, 4) is 0 Å². The molecule has 0 aromatic rings. The summed E-state index contributed by atoms with van der Waals surface area (Å²) in [7, 11) is 0. The van der Waals surface area contributed by atoms with Gasteiger partial charge in [-0.1, -0.05) is 36.7 Å². The molecule has 0 aliphatic heterocycles. The van der Waals surface area contributed by atoms with E-state index in [1.807, 2.05) is 20.8 Å². The molecule has 0 aliphatic rings. The molecule has 0 aromatic carbocycles. The molecule has 2 nitrogen and oxygen atoms in total. The molecule has 0 aromatic heterocycles. The number of halogens is 1. The van der Waals surface area contributed by atoms with Gasteiger partial charge in [0.25, 0.3) is 0 Å². The topological polar surface area (TPSA) is 26.3 Å². The van der Waals surface area contributed by atoms with Crippen molar-refractivity contribution in [1.29, 1.82) is 0 Å². The van der Waals surface area contributed by atoms with Crippen LogP contribution in [0.25, 0.3) is 0 Å². The summed E-state index contributed by atoms with van der Waals surface area (Å²) in [6.07, 6.45) is 0.880. The van der Waals surface area contributed by atoms with Gasteiger partial charge in [-0.05, 0) is 32.6 Å². The average molecular weight is 299 g/mol. The van der Waals surface area contributed by atoms with Crippen molar-refractivity contribution in [2.75, 3.05) is 6.61 Å². The highest BCUT2D eigenvalue weighted by Gasteiger charge is 2.24. The second kappa shape index (κ2) is 5.78. The molecule has 0 N–H and O–H groups in total. The first kappa shape index (κ1) is 15.6. The Kier molecular flexibility index (Phi) is 6.01. The minimum atomic E-state index is -1.20. The predicted molar refractivity (Wildman–Crippen MR) is 70.6 cm³/mol. The lowest BCUT2D eigenvalue weighted by Crippen LogP contribution is -2.26. The van der Waals surface area contributed by atoms with Crippen molar-refractivity contribution in [2.24, 2.45) is 5.41 Å². The fourth-order valence-electron chi connectivity index (χ4n) is 0.837. The van der Waals surface area contributed by atoms with E-state index in [4.69, 9.17) is 4.18 Å². The van der Waals surface area contributed by atoms with E-state index in [2.05, 4.69) is 36.7 Å². The van der Waals surface area contributed by atoms with E-state index in [9.17, 15) is 4.21 Å². The Hall–Kier alpha value is 0.590. The molecule has 0 fully saturated rings. The van der Waals surface area contributed by atoms with Crippen LogP contribution in [-0.4, -0.2) is 20.4 Å². The van der Waals surface area contributed by atoms with Crippen LogP contribution in [0.4, 0.5) is 0 Å². The first-order valence-electron chi connectivity index (χ1n) is 5.24. The van der Waals surface area contributed by atoms with E-state index in [0.29, 0.717) is 11.4 Å². The molecular formula is C11H23BrO2S. The van der Waals surface area contributed by atoms with Crippen LogP contribution in [0.2, 0.25) is 0 Å². The lowest BCUT2D eigenvalue weighted by molar-refractivity contribution is 0.292. The quantitative estimate of drug-likeness (QED) is 0.740. The normalized spacial score (nSPS) is 17.5. The molecule has 0 amide bonds. The fraction of sp³-hybridized carbons (Fsp3) is 1.00. The van der Waals surface area contributed by atoms with Gasteiger partial charge in [-0.25, -0.2) is 4.21 Å². The summed E-state index contributed by atoms with van der Waals surface area (Å²) in [6, 6.07) is 0. The minimum Gasteiger partial charge on any atom is -0.290 e. The Morgan fingerprint density at radius 3 is 2.00 bits per heavy atom. The van der Waals surface area contributed by atoms with Crippen molar-refractivity contribution in [2.45, 2.75) is 57.5 Å². The number of alkyl halides is 1. The standard InChI is InChI=1S/C11H23BrO2S/c1-10(2,3)9(12)7-8-14-15(13)11(4,5)6/h9H,7-8H2,1-6H3. The summed E-state index contributed by atoms with van der Waals surface area (Å²) in [5.41, 5.74) is 0.215. The highest BCUT2D eigenvalue weighted by atomic mass is 79.9. The molecule has 0 heterocycles. The zero-order valence-corrected chi connectivity index (χ0v) is 13.0. The molecule has 0 saturated heterocycles. The summed E-state index contributed by atoms with van der Waals surface area (Å²) >= 11 is 2.42. The van der Waals surface area contributed by atoms with E-state index in [-0.39, 0.29) is 10.2 Å². The number of hydrogen-bond acceptors (Lipinski definition) is 2. The van der Waals surface area contributed by atoms with Crippen molar-refractivity contribution in [3.63, 3.8) is 0 Å². The molecule has 92 valence electrons. The third kappa shape index (κ3) is 6.69. The van der Waals surface area contributed by atoms with Gasteiger partial charge in [0.15, 0.2) is 11.1 Å². The van der Waals surface area contributed by atoms with Gasteiger partial charge in [0.1, 0.15) is 0 Å². The molecule has 0 bridgehead atoms. The van der Waals surface area contributed by atoms with Crippen molar-refractivity contribution in [1.82, 2.24) is 0 Å². The first-order valence-corrected chi connectivity index (χ1v) is 7.23. The molecule has 2 atom stereocenters. The fourth-order valence-corrected chi connectivity index (χ4v) is 1.63. The van der Waals surface area contributed by atoms with Gasteiger partial charge >= 0.3 is 0 Å². The molecule has 0 radical (unpaired) electrons. The number of rotatable bonds is 4. The van der Waals surface area contributed by atoms with E-state index in [0.717, 1.165) is 6.42 Å². The van der Waals surface area contributed by atoms with E-state index < -0.39 is 11.1 Å². The highest BCUT2D eigenvalue weighted by molar-refractivity contribution is 9.09. The second-order valence-corrected chi connectivity index (χ2v) is 8.83. The molecule has 0 spiro atoms. The molecule has 0 rings (SSSR count). The van der Waals surface area contributed by atoms with Crippen molar-refractivity contribution in [3.05, 3.63) is 0 Å².